The predicted octanol–water partition coefficient (Wildman–Crippen LogP) is 3.72. The lowest BCUT2D eigenvalue weighted by atomic mass is 9.79. The Hall–Kier alpha value is -0.770. The number of benzene rings is 1. The van der Waals surface area contributed by atoms with Gasteiger partial charge < -0.3 is 11.1 Å². The second-order valence-electron chi connectivity index (χ2n) is 6.32. The number of nitrogens with two attached hydrogens (primary N) is 1. The monoisotopic (exact) mass is 344 g/mol. The maximum absolute atomic E-state index is 12.7. The average molecular weight is 345 g/mol. The van der Waals surface area contributed by atoms with Crippen molar-refractivity contribution in [2.45, 2.75) is 51.5 Å². The number of amides is 1. The van der Waals surface area contributed by atoms with Crippen molar-refractivity contribution >= 4 is 29.9 Å². The van der Waals surface area contributed by atoms with Crippen LogP contribution in [0.3, 0.4) is 0 Å². The van der Waals surface area contributed by atoms with Gasteiger partial charge in [-0.25, -0.2) is 0 Å². The molecule has 5 heteroatoms. The van der Waals surface area contributed by atoms with E-state index in [9.17, 15) is 4.79 Å². The molecule has 0 heterocycles. The molecule has 3 N–H and O–H groups in total. The molecule has 1 fully saturated rings. The van der Waals surface area contributed by atoms with Gasteiger partial charge in [0.05, 0.1) is 5.41 Å². The summed E-state index contributed by atoms with van der Waals surface area (Å²) in [7, 11) is 0. The van der Waals surface area contributed by atoms with Crippen LogP contribution in [0.4, 0.5) is 0 Å². The first-order chi connectivity index (χ1) is 10.0. The lowest BCUT2D eigenvalue weighted by Crippen LogP contribution is -2.42. The molecule has 124 valence electrons. The Morgan fingerprint density at radius 3 is 2.68 bits per heavy atom. The van der Waals surface area contributed by atoms with E-state index in [1.54, 1.807) is 0 Å². The molecule has 1 amide bonds. The molecule has 0 saturated heterocycles. The lowest BCUT2D eigenvalue weighted by molar-refractivity contribution is -0.130. The van der Waals surface area contributed by atoms with Crippen molar-refractivity contribution in [2.75, 3.05) is 6.54 Å². The van der Waals surface area contributed by atoms with Crippen molar-refractivity contribution in [2.24, 2.45) is 11.1 Å². The fraction of sp³-hybridized carbons (Fsp3) is 0.588. The molecule has 0 aliphatic heterocycles. The summed E-state index contributed by atoms with van der Waals surface area (Å²) in [4.78, 5) is 12.7. The summed E-state index contributed by atoms with van der Waals surface area (Å²) in [6, 6.07) is 7.97. The molecule has 3 nitrogen and oxygen atoms in total. The summed E-state index contributed by atoms with van der Waals surface area (Å²) < 4.78 is 0. The van der Waals surface area contributed by atoms with Gasteiger partial charge in [0.15, 0.2) is 0 Å². The molecule has 1 aromatic rings. The van der Waals surface area contributed by atoms with Crippen LogP contribution in [0, 0.1) is 5.41 Å². The summed E-state index contributed by atoms with van der Waals surface area (Å²) in [5.41, 5.74) is 6.62. The minimum absolute atomic E-state index is 0. The van der Waals surface area contributed by atoms with E-state index in [-0.39, 0.29) is 29.8 Å². The van der Waals surface area contributed by atoms with Gasteiger partial charge in [-0.15, -0.1) is 12.4 Å². The standard InChI is InChI=1S/C17H25ClN2O.ClH/c1-13(19)7-10-20-16(21)17(8-2-3-9-17)12-14-5-4-6-15(18)11-14;/h4-6,11,13H,2-3,7-10,12,19H2,1H3,(H,20,21);1H. The van der Waals surface area contributed by atoms with Gasteiger partial charge in [0, 0.05) is 17.6 Å². The Labute approximate surface area is 144 Å². The highest BCUT2D eigenvalue weighted by atomic mass is 35.5. The van der Waals surface area contributed by atoms with E-state index in [0.29, 0.717) is 6.54 Å². The summed E-state index contributed by atoms with van der Waals surface area (Å²) >= 11 is 6.06. The van der Waals surface area contributed by atoms with Crippen LogP contribution in [0.2, 0.25) is 5.02 Å². The summed E-state index contributed by atoms with van der Waals surface area (Å²) in [6.07, 6.45) is 5.77. The quantitative estimate of drug-likeness (QED) is 0.826. The molecule has 0 radical (unpaired) electrons. The van der Waals surface area contributed by atoms with E-state index in [0.717, 1.165) is 49.1 Å². The number of nitrogens with one attached hydrogen (secondary N) is 1. The Balaban J connectivity index is 0.00000242. The minimum atomic E-state index is -0.261. The van der Waals surface area contributed by atoms with Crippen LogP contribution in [-0.2, 0) is 11.2 Å². The van der Waals surface area contributed by atoms with Crippen LogP contribution >= 0.6 is 24.0 Å². The third kappa shape index (κ3) is 5.15. The van der Waals surface area contributed by atoms with E-state index in [1.165, 1.54) is 0 Å². The van der Waals surface area contributed by atoms with Gasteiger partial charge in [0.25, 0.3) is 0 Å². The fourth-order valence-corrected chi connectivity index (χ4v) is 3.39. The molecule has 22 heavy (non-hydrogen) atoms. The van der Waals surface area contributed by atoms with Gasteiger partial charge in [-0.3, -0.25) is 4.79 Å². The number of rotatable bonds is 6. The van der Waals surface area contributed by atoms with Crippen molar-refractivity contribution in [3.8, 4) is 0 Å². The van der Waals surface area contributed by atoms with Gasteiger partial charge in [0.2, 0.25) is 5.91 Å². The molecule has 1 saturated carbocycles. The Bertz CT molecular complexity index is 485. The Morgan fingerprint density at radius 1 is 1.41 bits per heavy atom. The van der Waals surface area contributed by atoms with Crippen LogP contribution in [0.1, 0.15) is 44.6 Å². The number of hydrogen-bond donors (Lipinski definition) is 2. The maximum Gasteiger partial charge on any atom is 0.226 e. The highest BCUT2D eigenvalue weighted by molar-refractivity contribution is 6.30. The maximum atomic E-state index is 12.7. The average Bonchev–Trinajstić information content (AvgIpc) is 2.88. The lowest BCUT2D eigenvalue weighted by Gasteiger charge is -2.28. The first-order valence-corrected chi connectivity index (χ1v) is 8.18. The smallest absolute Gasteiger partial charge is 0.226 e. The van der Waals surface area contributed by atoms with Crippen LogP contribution in [0.5, 0.6) is 0 Å². The van der Waals surface area contributed by atoms with Gasteiger partial charge in [0.1, 0.15) is 0 Å². The Kier molecular flexibility index (Phi) is 7.67. The SMILES string of the molecule is CC(N)CCNC(=O)C1(Cc2cccc(Cl)c2)CCCC1.Cl. The normalized spacial score (nSPS) is 17.6. The van der Waals surface area contributed by atoms with E-state index in [4.69, 9.17) is 17.3 Å². The van der Waals surface area contributed by atoms with Crippen molar-refractivity contribution in [3.05, 3.63) is 34.9 Å². The second-order valence-corrected chi connectivity index (χ2v) is 6.75. The van der Waals surface area contributed by atoms with Crippen LogP contribution in [0.15, 0.2) is 24.3 Å². The molecule has 1 atom stereocenters. The zero-order valence-electron chi connectivity index (χ0n) is 13.1. The van der Waals surface area contributed by atoms with E-state index < -0.39 is 0 Å². The van der Waals surface area contributed by atoms with Gasteiger partial charge >= 0.3 is 0 Å². The van der Waals surface area contributed by atoms with E-state index in [2.05, 4.69) is 11.4 Å². The second kappa shape index (κ2) is 8.76. The molecular formula is C17H26Cl2N2O. The van der Waals surface area contributed by atoms with Crippen LogP contribution < -0.4 is 11.1 Å². The first-order valence-electron chi connectivity index (χ1n) is 7.80. The zero-order chi connectivity index (χ0) is 15.3. The predicted molar refractivity (Wildman–Crippen MR) is 94.6 cm³/mol. The highest BCUT2D eigenvalue weighted by Crippen LogP contribution is 2.41. The number of halogens is 2. The summed E-state index contributed by atoms with van der Waals surface area (Å²) in [6.45, 7) is 2.62. The molecule has 0 spiro atoms. The highest BCUT2D eigenvalue weighted by Gasteiger charge is 2.40. The molecule has 1 aliphatic carbocycles. The third-order valence-electron chi connectivity index (χ3n) is 4.36. The first kappa shape index (κ1) is 19.3. The molecule has 1 aliphatic rings. The number of hydrogen-bond acceptors (Lipinski definition) is 2. The minimum Gasteiger partial charge on any atom is -0.356 e. The Morgan fingerprint density at radius 2 is 2.09 bits per heavy atom. The van der Waals surface area contributed by atoms with Gasteiger partial charge in [-0.05, 0) is 50.3 Å². The largest absolute Gasteiger partial charge is 0.356 e. The molecule has 0 bridgehead atoms. The number of carbonyl (C=O) groups excluding carboxylic acids is 1. The van der Waals surface area contributed by atoms with E-state index in [1.807, 2.05) is 25.1 Å². The molecular weight excluding hydrogens is 319 g/mol. The molecule has 1 aromatic carbocycles. The van der Waals surface area contributed by atoms with Gasteiger partial charge in [-0.1, -0.05) is 36.6 Å². The van der Waals surface area contributed by atoms with Crippen molar-refractivity contribution in [3.63, 3.8) is 0 Å². The third-order valence-corrected chi connectivity index (χ3v) is 4.59. The van der Waals surface area contributed by atoms with Crippen molar-refractivity contribution < 1.29 is 4.79 Å². The fourth-order valence-electron chi connectivity index (χ4n) is 3.17. The number of carbonyl (C=O) groups is 1. The molecule has 2 rings (SSSR count). The van der Waals surface area contributed by atoms with Crippen LogP contribution in [0.25, 0.3) is 0 Å². The summed E-state index contributed by atoms with van der Waals surface area (Å²) in [5.74, 6) is 0.181. The zero-order valence-corrected chi connectivity index (χ0v) is 14.7. The van der Waals surface area contributed by atoms with Crippen LogP contribution in [-0.4, -0.2) is 18.5 Å². The van der Waals surface area contributed by atoms with Gasteiger partial charge in [-0.2, -0.15) is 0 Å². The molecule has 1 unspecified atom stereocenters. The summed E-state index contributed by atoms with van der Waals surface area (Å²) in [5, 5.41) is 3.81. The topological polar surface area (TPSA) is 55.1 Å². The molecule has 0 aromatic heterocycles. The van der Waals surface area contributed by atoms with Crippen molar-refractivity contribution in [1.82, 2.24) is 5.32 Å². The van der Waals surface area contributed by atoms with Crippen molar-refractivity contribution in [1.29, 1.82) is 0 Å². The van der Waals surface area contributed by atoms with E-state index >= 15 is 0 Å².